The lowest BCUT2D eigenvalue weighted by atomic mass is 10.0. The molecule has 0 spiro atoms. The third kappa shape index (κ3) is 19.9. The molecular formula is C108H107N15O11. The average Bonchev–Trinajstić information content (AvgIpc) is 1.63. The number of carbonyl (C=O) groups is 5. The second kappa shape index (κ2) is 43.4. The van der Waals surface area contributed by atoms with Crippen LogP contribution in [0.5, 0.6) is 28.7 Å². The monoisotopic (exact) mass is 1790 g/mol. The number of methoxy groups -OCH3 is 5. The van der Waals surface area contributed by atoms with Crippen LogP contribution < -0.4 is 45.0 Å². The Balaban J connectivity index is 0.000000142. The van der Waals surface area contributed by atoms with E-state index in [9.17, 15) is 50.3 Å². The van der Waals surface area contributed by atoms with Crippen molar-refractivity contribution in [3.8, 4) is 115 Å². The summed E-state index contributed by atoms with van der Waals surface area (Å²) in [6.45, 7) is 22.0. The third-order valence-electron chi connectivity index (χ3n) is 23.8. The lowest BCUT2D eigenvalue weighted by Crippen LogP contribution is -2.41. The van der Waals surface area contributed by atoms with Crippen LogP contribution in [0.3, 0.4) is 0 Å². The molecule has 6 heterocycles. The van der Waals surface area contributed by atoms with E-state index in [1.54, 1.807) is 71.9 Å². The van der Waals surface area contributed by atoms with Crippen LogP contribution in [0.15, 0.2) is 212 Å². The second-order valence-corrected chi connectivity index (χ2v) is 32.1. The number of rotatable bonds is 25. The minimum absolute atomic E-state index is 0.0367. The largest absolute Gasteiger partial charge is 0.497 e. The molecule has 0 bridgehead atoms. The van der Waals surface area contributed by atoms with Gasteiger partial charge < -0.3 is 77.8 Å². The zero-order valence-corrected chi connectivity index (χ0v) is 77.5. The minimum atomic E-state index is -0.239. The molecule has 15 aromatic rings. The van der Waals surface area contributed by atoms with E-state index in [1.165, 1.54) is 0 Å². The molecular weight excluding hydrogens is 1680 g/mol. The Labute approximate surface area is 778 Å². The number of nitrogens with zero attached hydrogens (tertiary/aromatic N) is 11. The fourth-order valence-electron chi connectivity index (χ4n) is 17.0. The van der Waals surface area contributed by atoms with Crippen LogP contribution in [-0.4, -0.2) is 143 Å². The molecule has 26 heteroatoms. The Bertz CT molecular complexity index is 6950. The number of aryl methyl sites for hydroxylation is 5. The van der Waals surface area contributed by atoms with E-state index >= 15 is 0 Å². The van der Waals surface area contributed by atoms with Crippen LogP contribution in [0.25, 0.3) is 111 Å². The maximum Gasteiger partial charge on any atom is 0.253 e. The van der Waals surface area contributed by atoms with Crippen LogP contribution in [0.4, 0.5) is 0 Å². The zero-order chi connectivity index (χ0) is 95.6. The van der Waals surface area contributed by atoms with E-state index in [1.807, 2.05) is 222 Å². The standard InChI is InChI=1S/2C22H21N3O2.C22H23N3O2.C21H21N3O3.C21H21N3O2/c1-3-25-20-13-17(27-2)9-10-18(20)19(14-23)21(25)15-5-7-16(8-6-15)22(26)24-11-4-12-24;1-3-25-20-12-17(27-2)10-11-18(20)19(13-23)21(25)14-4-6-15(7-5-14)22(26)24-16-8-9-16;1-5-25-20-12-17(27-4)10-11-18(20)19(13-23)21(25)15-6-8-16(9-7-15)22(26)24-14(2)3;1-3-24-19-12-16(27-2)8-9-17(19)18(13-22)20(24)14-4-6-15(7-5-14)21(26)23-10-11-25;1-4-23-21(25)15-8-6-14(7-9-15)20-18(13-22)17-11-10-16(26-3)12-19(17)24(20)5-2/h5-10,13H,3-4,11-12H2,1-2H3;4-7,10-12,16H,3,8-9H2,1-2H3,(H,24,26);6-12,14H,5H2,1-4H3,(H,24,26);4-9,12,25H,3,10-11H2,1-2H3,(H,23,26);6-12H,4-5H2,1-3H3,(H,23,25). The number of nitriles is 5. The van der Waals surface area contributed by atoms with Crippen LogP contribution in [0, 0.1) is 56.7 Å². The molecule has 2 fully saturated rings. The molecule has 0 atom stereocenters. The molecule has 5 aromatic heterocycles. The maximum atomic E-state index is 12.4. The molecule has 17 rings (SSSR count). The number of aliphatic hydroxyl groups is 1. The molecule has 5 amide bonds. The van der Waals surface area contributed by atoms with E-state index in [-0.39, 0.29) is 48.7 Å². The van der Waals surface area contributed by atoms with Gasteiger partial charge in [0.25, 0.3) is 29.5 Å². The first-order chi connectivity index (χ1) is 65.1. The SMILES string of the molecule is CCNC(=O)c1ccc(-c2c(C#N)c3ccc(OC)cc3n2CC)cc1.CCn1c(-c2ccc(C(=O)N3CCC3)cc2)c(C#N)c2ccc(OC)cc21.CCn1c(-c2ccc(C(=O)NC(C)C)cc2)c(C#N)c2ccc(OC)cc21.CCn1c(-c2ccc(C(=O)NC3CC3)cc2)c(C#N)c2ccc(OC)cc21.CCn1c(-c2ccc(C(=O)NCCO)cc2)c(C#N)c2ccc(OC)cc21. The molecule has 0 unspecified atom stereocenters. The number of ether oxygens (including phenoxy) is 5. The van der Waals surface area contributed by atoms with Crippen molar-refractivity contribution in [3.05, 3.63) is 268 Å². The van der Waals surface area contributed by atoms with Crippen molar-refractivity contribution in [3.63, 3.8) is 0 Å². The van der Waals surface area contributed by atoms with Crippen molar-refractivity contribution in [2.75, 3.05) is 68.3 Å². The highest BCUT2D eigenvalue weighted by Crippen LogP contribution is 2.42. The van der Waals surface area contributed by atoms with Crippen LogP contribution in [0.1, 0.15) is 154 Å². The lowest BCUT2D eigenvalue weighted by molar-refractivity contribution is 0.0651. The zero-order valence-electron chi connectivity index (χ0n) is 77.5. The fourth-order valence-corrected chi connectivity index (χ4v) is 17.0. The van der Waals surface area contributed by atoms with Gasteiger partial charge in [-0.2, -0.15) is 26.3 Å². The second-order valence-electron chi connectivity index (χ2n) is 32.1. The summed E-state index contributed by atoms with van der Waals surface area (Å²) in [5.74, 6) is 3.38. The average molecular weight is 1790 g/mol. The van der Waals surface area contributed by atoms with Gasteiger partial charge in [0, 0.05) is 156 Å². The number of hydrogen-bond donors (Lipinski definition) is 5. The van der Waals surface area contributed by atoms with Gasteiger partial charge in [0.05, 0.1) is 126 Å². The number of aliphatic hydroxyl groups excluding tert-OH is 1. The van der Waals surface area contributed by atoms with Crippen LogP contribution >= 0.6 is 0 Å². The molecule has 1 saturated carbocycles. The van der Waals surface area contributed by atoms with Gasteiger partial charge in [0.15, 0.2) is 0 Å². The molecule has 26 nitrogen and oxygen atoms in total. The van der Waals surface area contributed by atoms with E-state index < -0.39 is 0 Å². The summed E-state index contributed by atoms with van der Waals surface area (Å²) in [6, 6.07) is 77.8. The first-order valence-electron chi connectivity index (χ1n) is 44.7. The number of aromatic nitrogens is 5. The number of carbonyl (C=O) groups excluding carboxylic acids is 5. The molecule has 0 radical (unpaired) electrons. The van der Waals surface area contributed by atoms with Gasteiger partial charge in [-0.05, 0) is 224 Å². The first-order valence-corrected chi connectivity index (χ1v) is 44.7. The summed E-state index contributed by atoms with van der Waals surface area (Å²) in [5, 5.41) is 73.6. The van der Waals surface area contributed by atoms with Gasteiger partial charge >= 0.3 is 0 Å². The normalized spacial score (nSPS) is 11.7. The molecule has 10 aromatic carbocycles. The first kappa shape index (κ1) is 95.2. The molecule has 680 valence electrons. The highest BCUT2D eigenvalue weighted by atomic mass is 16.5. The number of benzene rings is 10. The molecule has 2 aliphatic rings. The van der Waals surface area contributed by atoms with E-state index in [4.69, 9.17) is 28.8 Å². The highest BCUT2D eigenvalue weighted by molar-refractivity contribution is 6.03. The van der Waals surface area contributed by atoms with Crippen molar-refractivity contribution in [2.45, 2.75) is 119 Å². The topological polar surface area (TPSA) is 347 Å². The Morgan fingerprint density at radius 2 is 0.612 bits per heavy atom. The number of amides is 5. The Hall–Kier alpha value is -16.3. The van der Waals surface area contributed by atoms with E-state index in [0.717, 1.165) is 198 Å². The van der Waals surface area contributed by atoms with Gasteiger partial charge in [-0.1, -0.05) is 60.7 Å². The van der Waals surface area contributed by atoms with Crippen molar-refractivity contribution in [1.29, 1.82) is 26.3 Å². The maximum absolute atomic E-state index is 12.4. The van der Waals surface area contributed by atoms with Gasteiger partial charge in [0.2, 0.25) is 0 Å². The summed E-state index contributed by atoms with van der Waals surface area (Å²) in [7, 11) is 8.16. The summed E-state index contributed by atoms with van der Waals surface area (Å²) in [6.07, 6.45) is 3.21. The van der Waals surface area contributed by atoms with Crippen LogP contribution in [0.2, 0.25) is 0 Å². The fraction of sp³-hybridized carbons (Fsp3) is 0.259. The predicted molar refractivity (Wildman–Crippen MR) is 523 cm³/mol. The van der Waals surface area contributed by atoms with Crippen molar-refractivity contribution in [2.24, 2.45) is 0 Å². The Morgan fingerprint density at radius 1 is 0.358 bits per heavy atom. The smallest absolute Gasteiger partial charge is 0.253 e. The number of likely N-dealkylation sites (tertiary alicyclic amines) is 1. The number of nitrogens with one attached hydrogen (secondary N) is 4. The number of fused-ring (bicyclic) bond motifs is 5. The van der Waals surface area contributed by atoms with Crippen molar-refractivity contribution in [1.82, 2.24) is 49.0 Å². The van der Waals surface area contributed by atoms with Crippen molar-refractivity contribution < 1.29 is 52.8 Å². The van der Waals surface area contributed by atoms with E-state index in [0.29, 0.717) is 74.8 Å². The highest BCUT2D eigenvalue weighted by Gasteiger charge is 2.29. The van der Waals surface area contributed by atoms with E-state index in [2.05, 4.69) is 88.3 Å². The Morgan fingerprint density at radius 3 is 0.828 bits per heavy atom. The summed E-state index contributed by atoms with van der Waals surface area (Å²) in [5.41, 5.74) is 19.9. The van der Waals surface area contributed by atoms with Crippen LogP contribution in [-0.2, 0) is 32.7 Å². The molecule has 134 heavy (non-hydrogen) atoms. The third-order valence-corrected chi connectivity index (χ3v) is 23.8. The summed E-state index contributed by atoms with van der Waals surface area (Å²) in [4.78, 5) is 62.6. The van der Waals surface area contributed by atoms with Gasteiger partial charge in [0.1, 0.15) is 59.1 Å². The molecule has 1 saturated heterocycles. The lowest BCUT2D eigenvalue weighted by Gasteiger charge is -2.30. The molecule has 1 aliphatic carbocycles. The quantitative estimate of drug-likeness (QED) is 0.0355. The van der Waals surface area contributed by atoms with Gasteiger partial charge in [-0.3, -0.25) is 24.0 Å². The Kier molecular flexibility index (Phi) is 30.8. The van der Waals surface area contributed by atoms with Crippen molar-refractivity contribution >= 4 is 84.1 Å². The number of hydrogen-bond acceptors (Lipinski definition) is 16. The molecule has 1 aliphatic heterocycles. The molecule has 5 N–H and O–H groups in total. The van der Waals surface area contributed by atoms with Gasteiger partial charge in [-0.15, -0.1) is 0 Å². The summed E-state index contributed by atoms with van der Waals surface area (Å²) >= 11 is 0. The van der Waals surface area contributed by atoms with Gasteiger partial charge in [-0.25, -0.2) is 0 Å². The summed E-state index contributed by atoms with van der Waals surface area (Å²) < 4.78 is 37.3. The minimum Gasteiger partial charge on any atom is -0.497 e. The predicted octanol–water partition coefficient (Wildman–Crippen LogP) is 19.4.